The van der Waals surface area contributed by atoms with E-state index in [0.717, 1.165) is 16.5 Å². The van der Waals surface area contributed by atoms with Gasteiger partial charge in [-0.05, 0) is 69.4 Å². The normalized spacial score (nSPS) is 14.4. The van der Waals surface area contributed by atoms with Gasteiger partial charge < -0.3 is 23.8 Å². The van der Waals surface area contributed by atoms with E-state index < -0.39 is 5.97 Å². The van der Waals surface area contributed by atoms with Gasteiger partial charge in [0.25, 0.3) is 5.91 Å². The second kappa shape index (κ2) is 12.1. The summed E-state index contributed by atoms with van der Waals surface area (Å²) in [5.41, 5.74) is 2.38. The Morgan fingerprint density at radius 1 is 1.00 bits per heavy atom. The molecule has 0 unspecified atom stereocenters. The third kappa shape index (κ3) is 5.65. The van der Waals surface area contributed by atoms with Gasteiger partial charge in [0.1, 0.15) is 24.5 Å². The van der Waals surface area contributed by atoms with Crippen LogP contribution in [-0.2, 0) is 25.7 Å². The predicted molar refractivity (Wildman–Crippen MR) is 154 cm³/mol. The highest BCUT2D eigenvalue weighted by Gasteiger charge is 2.40. The van der Waals surface area contributed by atoms with Gasteiger partial charge in [0.15, 0.2) is 5.11 Å². The maximum Gasteiger partial charge on any atom is 0.325 e. The van der Waals surface area contributed by atoms with Gasteiger partial charge in [-0.2, -0.15) is 0 Å². The molecule has 2 amide bonds. The van der Waals surface area contributed by atoms with Gasteiger partial charge in [-0.15, -0.1) is 0 Å². The van der Waals surface area contributed by atoms with Crippen molar-refractivity contribution in [1.82, 2.24) is 14.4 Å². The van der Waals surface area contributed by atoms with Gasteiger partial charge in [-0.25, -0.2) is 0 Å². The van der Waals surface area contributed by atoms with Crippen LogP contribution in [0.1, 0.15) is 26.3 Å². The molecule has 2 aromatic carbocycles. The van der Waals surface area contributed by atoms with Crippen LogP contribution < -0.4 is 9.64 Å². The minimum Gasteiger partial charge on any atom is -0.494 e. The molecule has 0 radical (unpaired) electrons. The minimum absolute atomic E-state index is 0.00655. The first-order valence-corrected chi connectivity index (χ1v) is 13.3. The van der Waals surface area contributed by atoms with E-state index in [9.17, 15) is 14.4 Å². The van der Waals surface area contributed by atoms with Crippen molar-refractivity contribution in [2.45, 2.75) is 27.3 Å². The first-order valence-electron chi connectivity index (χ1n) is 12.9. The second-order valence-electron chi connectivity index (χ2n) is 8.84. The molecule has 0 N–H and O–H groups in total. The molecule has 2 heterocycles. The first kappa shape index (κ1) is 27.8. The Hall–Kier alpha value is -4.18. The Morgan fingerprint density at radius 3 is 2.33 bits per heavy atom. The first-order chi connectivity index (χ1) is 18.8. The summed E-state index contributed by atoms with van der Waals surface area (Å²) in [6.45, 7) is 7.51. The molecule has 9 nitrogen and oxygen atoms in total. The highest BCUT2D eigenvalue weighted by Crippen LogP contribution is 2.32. The largest absolute Gasteiger partial charge is 0.494 e. The SMILES string of the molecule is CCOc1ccc(N2C(=O)/C(=C/c3cn(CC(=O)N(CC)CC)c4ccccc34)N(CC(=O)OC)C2=S)cc1. The zero-order valence-corrected chi connectivity index (χ0v) is 23.4. The lowest BCUT2D eigenvalue weighted by molar-refractivity contribution is -0.140. The molecule has 1 aliphatic heterocycles. The summed E-state index contributed by atoms with van der Waals surface area (Å²) in [5.74, 6) is -0.221. The number of likely N-dealkylation sites (N-methyl/N-ethyl adjacent to an activating group) is 1. The Labute approximate surface area is 233 Å². The van der Waals surface area contributed by atoms with E-state index >= 15 is 0 Å². The molecule has 4 rings (SSSR count). The van der Waals surface area contributed by atoms with Crippen molar-refractivity contribution in [2.75, 3.05) is 38.3 Å². The number of hydrogen-bond acceptors (Lipinski definition) is 6. The number of benzene rings is 2. The summed E-state index contributed by atoms with van der Waals surface area (Å²) in [6, 6.07) is 14.7. The zero-order valence-electron chi connectivity index (χ0n) is 22.5. The molecule has 0 saturated carbocycles. The Bertz CT molecular complexity index is 1430. The number of para-hydroxylation sites is 1. The number of thiocarbonyl (C=S) groups is 1. The molecule has 10 heteroatoms. The second-order valence-corrected chi connectivity index (χ2v) is 9.20. The topological polar surface area (TPSA) is 84.3 Å². The Balaban J connectivity index is 1.77. The van der Waals surface area contributed by atoms with E-state index in [1.54, 1.807) is 35.2 Å². The fourth-order valence-electron chi connectivity index (χ4n) is 4.60. The molecule has 0 bridgehead atoms. The van der Waals surface area contributed by atoms with Crippen molar-refractivity contribution >= 4 is 57.8 Å². The number of esters is 1. The molecule has 0 spiro atoms. The average molecular weight is 549 g/mol. The van der Waals surface area contributed by atoms with Crippen LogP contribution in [0.4, 0.5) is 5.69 Å². The maximum atomic E-state index is 13.8. The van der Waals surface area contributed by atoms with Gasteiger partial charge in [-0.3, -0.25) is 19.3 Å². The van der Waals surface area contributed by atoms with E-state index in [2.05, 4.69) is 0 Å². The third-order valence-corrected chi connectivity index (χ3v) is 6.99. The van der Waals surface area contributed by atoms with Crippen molar-refractivity contribution in [3.05, 3.63) is 66.0 Å². The van der Waals surface area contributed by atoms with Crippen LogP contribution >= 0.6 is 12.2 Å². The van der Waals surface area contributed by atoms with Crippen LogP contribution in [0, 0.1) is 0 Å². The molecular weight excluding hydrogens is 516 g/mol. The van der Waals surface area contributed by atoms with Crippen molar-refractivity contribution in [2.24, 2.45) is 0 Å². The highest BCUT2D eigenvalue weighted by molar-refractivity contribution is 7.80. The summed E-state index contributed by atoms with van der Waals surface area (Å²) in [7, 11) is 1.29. The van der Waals surface area contributed by atoms with E-state index in [-0.39, 0.29) is 35.7 Å². The van der Waals surface area contributed by atoms with Gasteiger partial charge >= 0.3 is 5.97 Å². The van der Waals surface area contributed by atoms with Crippen LogP contribution in [-0.4, -0.2) is 70.6 Å². The van der Waals surface area contributed by atoms with Crippen molar-refractivity contribution in [1.29, 1.82) is 0 Å². The van der Waals surface area contributed by atoms with Gasteiger partial charge in [0.05, 0.1) is 19.4 Å². The quantitative estimate of drug-likeness (QED) is 0.215. The summed E-state index contributed by atoms with van der Waals surface area (Å²) in [4.78, 5) is 43.6. The highest BCUT2D eigenvalue weighted by atomic mass is 32.1. The number of fused-ring (bicyclic) bond motifs is 1. The van der Waals surface area contributed by atoms with Crippen molar-refractivity contribution in [3.63, 3.8) is 0 Å². The van der Waals surface area contributed by atoms with Crippen molar-refractivity contribution in [3.8, 4) is 5.75 Å². The molecule has 204 valence electrons. The van der Waals surface area contributed by atoms with Gasteiger partial charge in [0.2, 0.25) is 5.91 Å². The summed E-state index contributed by atoms with van der Waals surface area (Å²) >= 11 is 5.67. The molecule has 1 saturated heterocycles. The number of nitrogens with zero attached hydrogens (tertiary/aromatic N) is 4. The fourth-order valence-corrected chi connectivity index (χ4v) is 4.95. The minimum atomic E-state index is -0.531. The molecule has 3 aromatic rings. The number of anilines is 1. The Morgan fingerprint density at radius 2 is 1.69 bits per heavy atom. The average Bonchev–Trinajstić information content (AvgIpc) is 3.39. The third-order valence-electron chi connectivity index (χ3n) is 6.59. The van der Waals surface area contributed by atoms with Crippen LogP contribution in [0.5, 0.6) is 5.75 Å². The molecule has 0 atom stereocenters. The molecule has 1 aliphatic rings. The molecule has 39 heavy (non-hydrogen) atoms. The lowest BCUT2D eigenvalue weighted by atomic mass is 10.1. The van der Waals surface area contributed by atoms with Crippen LogP contribution in [0.2, 0.25) is 0 Å². The monoisotopic (exact) mass is 548 g/mol. The predicted octanol–water partition coefficient (Wildman–Crippen LogP) is 4.06. The van der Waals surface area contributed by atoms with E-state index in [1.165, 1.54) is 16.9 Å². The van der Waals surface area contributed by atoms with Gasteiger partial charge in [0, 0.05) is 35.8 Å². The number of methoxy groups -OCH3 is 1. The zero-order chi connectivity index (χ0) is 28.1. The number of ether oxygens (including phenoxy) is 2. The smallest absolute Gasteiger partial charge is 0.325 e. The van der Waals surface area contributed by atoms with Crippen LogP contribution in [0.15, 0.2) is 60.4 Å². The van der Waals surface area contributed by atoms with Crippen molar-refractivity contribution < 1.29 is 23.9 Å². The molecule has 0 aliphatic carbocycles. The van der Waals surface area contributed by atoms with Crippen LogP contribution in [0.3, 0.4) is 0 Å². The number of carbonyl (C=O) groups excluding carboxylic acids is 3. The summed E-state index contributed by atoms with van der Waals surface area (Å²) in [5, 5.41) is 1.04. The standard InChI is InChI=1S/C29H32N4O5S/c1-5-30(6-2)26(34)18-31-17-20(23-10-8-9-11-24(23)31)16-25-28(36)33(29(39)32(25)19-27(35)37-4)21-12-14-22(15-13-21)38-7-3/h8-17H,5-7,18-19H2,1-4H3/b25-16-. The number of hydrogen-bond donors (Lipinski definition) is 0. The lowest BCUT2D eigenvalue weighted by Gasteiger charge is -2.19. The van der Waals surface area contributed by atoms with Gasteiger partial charge in [-0.1, -0.05) is 18.2 Å². The number of aromatic nitrogens is 1. The van der Waals surface area contributed by atoms with E-state index in [1.807, 2.05) is 55.8 Å². The fraction of sp³-hybridized carbons (Fsp3) is 0.310. The molecular formula is C29H32N4O5S. The lowest BCUT2D eigenvalue weighted by Crippen LogP contribution is -2.35. The number of rotatable bonds is 10. The Kier molecular flexibility index (Phi) is 8.65. The maximum absolute atomic E-state index is 13.8. The summed E-state index contributed by atoms with van der Waals surface area (Å²) < 4.78 is 12.3. The van der Waals surface area contributed by atoms with Crippen LogP contribution in [0.25, 0.3) is 17.0 Å². The number of carbonyl (C=O) groups is 3. The molecule has 1 aromatic heterocycles. The van der Waals surface area contributed by atoms with E-state index in [4.69, 9.17) is 21.7 Å². The summed E-state index contributed by atoms with van der Waals surface area (Å²) in [6.07, 6.45) is 3.57. The number of amides is 2. The molecule has 1 fully saturated rings. The van der Waals surface area contributed by atoms with E-state index in [0.29, 0.717) is 31.1 Å².